The summed E-state index contributed by atoms with van der Waals surface area (Å²) in [5.41, 5.74) is 0.850. The molecule has 200 valence electrons. The third-order valence-corrected chi connectivity index (χ3v) is 7.46. The third kappa shape index (κ3) is 3.87. The van der Waals surface area contributed by atoms with E-state index in [9.17, 15) is 44.7 Å². The van der Waals surface area contributed by atoms with E-state index < -0.39 is 94.2 Å². The molecule has 4 rings (SSSR count). The summed E-state index contributed by atoms with van der Waals surface area (Å²) >= 11 is 0. The molecule has 37 heavy (non-hydrogen) atoms. The Kier molecular flexibility index (Phi) is 6.13. The number of amides is 2. The lowest BCUT2D eigenvalue weighted by Gasteiger charge is -2.52. The minimum absolute atomic E-state index is 0.161. The molecule has 1 saturated carbocycles. The monoisotopic (exact) mass is 518 g/mol. The maximum Gasteiger partial charge on any atom is 0.412 e. The van der Waals surface area contributed by atoms with Gasteiger partial charge in [-0.05, 0) is 44.7 Å². The summed E-state index contributed by atoms with van der Waals surface area (Å²) in [6.45, 7) is 6.53. The summed E-state index contributed by atoms with van der Waals surface area (Å²) < 4.78 is 5.17. The Bertz CT molecular complexity index is 1250. The molecule has 0 radical (unpaired) electrons. The minimum atomic E-state index is -2.86. The first-order valence-corrected chi connectivity index (χ1v) is 11.8. The number of aliphatic hydroxyl groups is 4. The number of Topliss-reactive ketones (excluding diaryl/α,β-unsaturated/α-hetero) is 2. The number of primary amides is 1. The number of rotatable bonds is 2. The molecule has 2 amide bonds. The molecule has 1 aromatic carbocycles. The number of phenols is 1. The lowest BCUT2D eigenvalue weighted by atomic mass is 9.54. The Morgan fingerprint density at radius 1 is 1.16 bits per heavy atom. The second kappa shape index (κ2) is 8.54. The van der Waals surface area contributed by atoms with Gasteiger partial charge in [-0.25, -0.2) is 4.79 Å². The summed E-state index contributed by atoms with van der Waals surface area (Å²) in [4.78, 5) is 50.8. The highest BCUT2D eigenvalue weighted by molar-refractivity contribution is 6.16. The first-order valence-electron chi connectivity index (χ1n) is 11.8. The number of phenolic OH excluding ortho intramolecular Hbond substituents is 1. The van der Waals surface area contributed by atoms with Crippen LogP contribution in [0.1, 0.15) is 56.0 Å². The first-order chi connectivity index (χ1) is 17.0. The van der Waals surface area contributed by atoms with Gasteiger partial charge >= 0.3 is 6.09 Å². The van der Waals surface area contributed by atoms with Crippen LogP contribution in [0.15, 0.2) is 23.5 Å². The van der Waals surface area contributed by atoms with Gasteiger partial charge in [0, 0.05) is 17.4 Å². The Morgan fingerprint density at radius 2 is 1.78 bits per heavy atom. The standard InChI is InChI=1S/C25H30N2O10/c1-8-9-5-6-11(27-23(35)37-24(2,3)4)18(30)14(9)19(31)16-13(8)17(29)10-7-12(28)15(22(26)34)20(32)25(10,36)21(16)33/h5-6,8,10,12-13,15,17,28-30,33,36H,7H2,1-4H3,(H2,26,34)(H,27,35)/t8-,10+,12?,13+,15?,17+,25+/m0/s1. The van der Waals surface area contributed by atoms with Gasteiger partial charge < -0.3 is 36.0 Å². The molecule has 0 aromatic heterocycles. The molecular formula is C25H30N2O10. The molecule has 0 saturated heterocycles. The van der Waals surface area contributed by atoms with Gasteiger partial charge in [-0.15, -0.1) is 0 Å². The van der Waals surface area contributed by atoms with Gasteiger partial charge in [-0.3, -0.25) is 19.7 Å². The van der Waals surface area contributed by atoms with Crippen LogP contribution in [0, 0.1) is 17.8 Å². The molecule has 7 atom stereocenters. The van der Waals surface area contributed by atoms with Crippen molar-refractivity contribution in [1.82, 2.24) is 0 Å². The second-order valence-corrected chi connectivity index (χ2v) is 10.9. The Balaban J connectivity index is 1.84. The zero-order chi connectivity index (χ0) is 27.8. The van der Waals surface area contributed by atoms with Crippen LogP contribution in [0.2, 0.25) is 0 Å². The Hall–Kier alpha value is -3.48. The predicted octanol–water partition coefficient (Wildman–Crippen LogP) is 0.624. The normalized spacial score (nSPS) is 33.3. The van der Waals surface area contributed by atoms with Crippen molar-refractivity contribution in [2.75, 3.05) is 5.32 Å². The van der Waals surface area contributed by atoms with Crippen LogP contribution in [-0.2, 0) is 14.3 Å². The topological polar surface area (TPSA) is 217 Å². The molecule has 2 unspecified atom stereocenters. The largest absolute Gasteiger partial charge is 0.508 e. The molecule has 12 heteroatoms. The van der Waals surface area contributed by atoms with Gasteiger partial charge in [0.15, 0.2) is 22.9 Å². The number of anilines is 1. The highest BCUT2D eigenvalue weighted by atomic mass is 16.6. The number of aliphatic hydroxyl groups excluding tert-OH is 3. The highest BCUT2D eigenvalue weighted by Crippen LogP contribution is 2.55. The lowest BCUT2D eigenvalue weighted by Crippen LogP contribution is -2.67. The molecule has 12 nitrogen and oxygen atoms in total. The Morgan fingerprint density at radius 3 is 2.35 bits per heavy atom. The number of aromatic hydroxyl groups is 1. The van der Waals surface area contributed by atoms with Gasteiger partial charge in [-0.1, -0.05) is 13.0 Å². The number of ether oxygens (including phenoxy) is 1. The molecule has 3 aliphatic rings. The quantitative estimate of drug-likeness (QED) is 0.214. The van der Waals surface area contributed by atoms with E-state index in [1.807, 2.05) is 0 Å². The van der Waals surface area contributed by atoms with Gasteiger partial charge in [0.1, 0.15) is 17.3 Å². The van der Waals surface area contributed by atoms with Crippen LogP contribution in [-0.4, -0.2) is 72.5 Å². The smallest absolute Gasteiger partial charge is 0.412 e. The minimum Gasteiger partial charge on any atom is -0.508 e. The zero-order valence-electron chi connectivity index (χ0n) is 20.7. The van der Waals surface area contributed by atoms with Crippen molar-refractivity contribution in [3.05, 3.63) is 34.6 Å². The number of fused-ring (bicyclic) bond motifs is 3. The number of carbonyl (C=O) groups excluding carboxylic acids is 4. The first kappa shape index (κ1) is 26.6. The second-order valence-electron chi connectivity index (χ2n) is 10.9. The summed E-state index contributed by atoms with van der Waals surface area (Å²) in [5.74, 6) is -10.4. The number of nitrogens with one attached hydrogen (secondary N) is 1. The van der Waals surface area contributed by atoms with Crippen molar-refractivity contribution in [3.63, 3.8) is 0 Å². The maximum atomic E-state index is 13.6. The van der Waals surface area contributed by atoms with Gasteiger partial charge in [0.2, 0.25) is 5.91 Å². The fourth-order valence-electron chi connectivity index (χ4n) is 5.82. The van der Waals surface area contributed by atoms with E-state index >= 15 is 0 Å². The molecule has 8 N–H and O–H groups in total. The van der Waals surface area contributed by atoms with E-state index in [1.54, 1.807) is 27.7 Å². The molecule has 0 bridgehead atoms. The van der Waals surface area contributed by atoms with Crippen molar-refractivity contribution < 1.29 is 49.4 Å². The zero-order valence-corrected chi connectivity index (χ0v) is 20.7. The summed E-state index contributed by atoms with van der Waals surface area (Å²) in [7, 11) is 0. The van der Waals surface area contributed by atoms with E-state index in [0.29, 0.717) is 5.56 Å². The summed E-state index contributed by atoms with van der Waals surface area (Å²) in [5, 5.41) is 57.4. The number of nitrogens with two attached hydrogens (primary N) is 1. The van der Waals surface area contributed by atoms with Crippen LogP contribution < -0.4 is 11.1 Å². The number of hydrogen-bond acceptors (Lipinski definition) is 10. The molecule has 1 aromatic rings. The van der Waals surface area contributed by atoms with E-state index in [-0.39, 0.29) is 11.3 Å². The average molecular weight is 519 g/mol. The summed E-state index contributed by atoms with van der Waals surface area (Å²) in [6, 6.07) is 2.82. The fraction of sp³-hybridized carbons (Fsp3) is 0.520. The number of ketones is 2. The molecule has 0 aliphatic heterocycles. The molecule has 0 spiro atoms. The number of hydrogen-bond donors (Lipinski definition) is 7. The fourth-order valence-corrected chi connectivity index (χ4v) is 5.82. The van der Waals surface area contributed by atoms with Gasteiger partial charge in [-0.2, -0.15) is 0 Å². The van der Waals surface area contributed by atoms with Crippen LogP contribution in [0.5, 0.6) is 5.75 Å². The van der Waals surface area contributed by atoms with Crippen molar-refractivity contribution in [2.24, 2.45) is 23.5 Å². The van der Waals surface area contributed by atoms with Crippen LogP contribution in [0.3, 0.4) is 0 Å². The van der Waals surface area contributed by atoms with Crippen molar-refractivity contribution in [3.8, 4) is 5.75 Å². The van der Waals surface area contributed by atoms with E-state index in [1.165, 1.54) is 12.1 Å². The molecule has 1 fully saturated rings. The van der Waals surface area contributed by atoms with E-state index in [2.05, 4.69) is 5.32 Å². The van der Waals surface area contributed by atoms with Gasteiger partial charge in [0.05, 0.1) is 23.5 Å². The predicted molar refractivity (Wildman–Crippen MR) is 127 cm³/mol. The van der Waals surface area contributed by atoms with Crippen molar-refractivity contribution in [1.29, 1.82) is 0 Å². The Labute approximate surface area is 211 Å². The lowest BCUT2D eigenvalue weighted by molar-refractivity contribution is -0.179. The number of benzene rings is 1. The summed E-state index contributed by atoms with van der Waals surface area (Å²) in [6.07, 6.45) is -4.53. The van der Waals surface area contributed by atoms with Crippen LogP contribution in [0.4, 0.5) is 10.5 Å². The molecular weight excluding hydrogens is 488 g/mol. The van der Waals surface area contributed by atoms with Crippen molar-refractivity contribution in [2.45, 2.75) is 63.4 Å². The van der Waals surface area contributed by atoms with E-state index in [4.69, 9.17) is 10.5 Å². The van der Waals surface area contributed by atoms with Crippen LogP contribution >= 0.6 is 0 Å². The SMILES string of the molecule is C[C@H]1c2ccc(NC(=O)OC(C)(C)C)c(O)c2C(=O)C2=C(O)[C@]3(O)C(=O)C(C(N)=O)C(O)C[C@@H]3[C@@H](O)[C@@H]21. The third-order valence-electron chi connectivity index (χ3n) is 7.46. The number of carbonyl (C=O) groups is 4. The average Bonchev–Trinajstić information content (AvgIpc) is 2.76. The van der Waals surface area contributed by atoms with Gasteiger partial charge in [0.25, 0.3) is 0 Å². The van der Waals surface area contributed by atoms with Crippen molar-refractivity contribution >= 4 is 29.3 Å². The van der Waals surface area contributed by atoms with E-state index in [0.717, 1.165) is 0 Å². The molecule has 0 heterocycles. The van der Waals surface area contributed by atoms with Crippen LogP contribution in [0.25, 0.3) is 0 Å². The maximum absolute atomic E-state index is 13.6. The highest BCUT2D eigenvalue weighted by Gasteiger charge is 2.66. The molecule has 3 aliphatic carbocycles.